The number of amides is 2. The lowest BCUT2D eigenvalue weighted by Crippen LogP contribution is -2.49. The maximum absolute atomic E-state index is 11.4. The number of hydrogen-bond donors (Lipinski definition) is 4. The minimum Gasteiger partial charge on any atom is -0.481 e. The number of carboxylic acids is 1. The molecule has 1 heterocycles. The van der Waals surface area contributed by atoms with Gasteiger partial charge in [-0.2, -0.15) is 5.21 Å². The van der Waals surface area contributed by atoms with Gasteiger partial charge in [-0.1, -0.05) is 11.6 Å². The van der Waals surface area contributed by atoms with Gasteiger partial charge in [0.1, 0.15) is 0 Å². The summed E-state index contributed by atoms with van der Waals surface area (Å²) in [5.74, 6) is -0.492. The summed E-state index contributed by atoms with van der Waals surface area (Å²) in [4.78, 5) is 22.5. The number of nitrogens with one attached hydrogen (secondary N) is 3. The predicted molar refractivity (Wildman–Crippen MR) is 58.3 cm³/mol. The van der Waals surface area contributed by atoms with E-state index in [0.29, 0.717) is 18.7 Å². The number of aromatic amines is 1. The van der Waals surface area contributed by atoms with Crippen molar-refractivity contribution in [3.05, 3.63) is 5.82 Å². The molecule has 1 saturated carbocycles. The Morgan fingerprint density at radius 1 is 1.39 bits per heavy atom. The highest BCUT2D eigenvalue weighted by Crippen LogP contribution is 2.40. The van der Waals surface area contributed by atoms with Gasteiger partial charge in [0.2, 0.25) is 0 Å². The van der Waals surface area contributed by atoms with Gasteiger partial charge < -0.3 is 15.7 Å². The van der Waals surface area contributed by atoms with Crippen molar-refractivity contribution < 1.29 is 14.7 Å². The molecule has 0 atom stereocenters. The molecular weight excluding hydrogens is 240 g/mol. The van der Waals surface area contributed by atoms with Gasteiger partial charge in [-0.15, -0.1) is 10.2 Å². The van der Waals surface area contributed by atoms with Crippen molar-refractivity contribution in [2.45, 2.75) is 25.8 Å². The second-order valence-electron chi connectivity index (χ2n) is 4.30. The first-order valence-electron chi connectivity index (χ1n) is 5.60. The molecular formula is C9H14N6O3. The van der Waals surface area contributed by atoms with Crippen molar-refractivity contribution in [1.82, 2.24) is 31.3 Å². The number of aromatic nitrogens is 4. The van der Waals surface area contributed by atoms with Crippen LogP contribution in [0.2, 0.25) is 0 Å². The largest absolute Gasteiger partial charge is 0.481 e. The average molecular weight is 254 g/mol. The van der Waals surface area contributed by atoms with Crippen LogP contribution < -0.4 is 10.6 Å². The van der Waals surface area contributed by atoms with E-state index in [9.17, 15) is 9.59 Å². The molecule has 1 aliphatic rings. The number of nitrogens with zero attached hydrogens (tertiary/aromatic N) is 3. The Kier molecular flexibility index (Phi) is 3.40. The first kappa shape index (κ1) is 12.3. The Bertz CT molecular complexity index is 428. The van der Waals surface area contributed by atoms with E-state index in [2.05, 4.69) is 31.3 Å². The third-order valence-electron chi connectivity index (χ3n) is 3.15. The van der Waals surface area contributed by atoms with E-state index in [1.807, 2.05) is 0 Å². The van der Waals surface area contributed by atoms with Crippen LogP contribution in [0.4, 0.5) is 4.79 Å². The standard InChI is InChI=1S/C9H14N6O3/c16-7(17)9(2-1-3-9)5-11-8(18)10-4-6-12-14-15-13-6/h1-5H2,(H,16,17)(H2,10,11,18)(H,12,13,14,15). The summed E-state index contributed by atoms with van der Waals surface area (Å²) >= 11 is 0. The zero-order valence-electron chi connectivity index (χ0n) is 9.64. The van der Waals surface area contributed by atoms with Crippen LogP contribution >= 0.6 is 0 Å². The lowest BCUT2D eigenvalue weighted by molar-refractivity contribution is -0.153. The number of carbonyl (C=O) groups is 2. The van der Waals surface area contributed by atoms with Gasteiger partial charge >= 0.3 is 12.0 Å². The number of carboxylic acid groups (broad SMARTS) is 1. The Morgan fingerprint density at radius 3 is 2.67 bits per heavy atom. The van der Waals surface area contributed by atoms with E-state index >= 15 is 0 Å². The summed E-state index contributed by atoms with van der Waals surface area (Å²) in [5, 5.41) is 27.1. The molecule has 0 aromatic carbocycles. The van der Waals surface area contributed by atoms with E-state index in [1.54, 1.807) is 0 Å². The third kappa shape index (κ3) is 2.55. The van der Waals surface area contributed by atoms with Crippen LogP contribution in [0.1, 0.15) is 25.1 Å². The van der Waals surface area contributed by atoms with Crippen LogP contribution in [-0.4, -0.2) is 44.3 Å². The number of tetrazole rings is 1. The van der Waals surface area contributed by atoms with Gasteiger partial charge in [0, 0.05) is 6.54 Å². The van der Waals surface area contributed by atoms with Crippen molar-refractivity contribution in [2.24, 2.45) is 5.41 Å². The molecule has 2 amide bonds. The normalized spacial score (nSPS) is 16.7. The smallest absolute Gasteiger partial charge is 0.315 e. The molecule has 0 bridgehead atoms. The molecule has 9 nitrogen and oxygen atoms in total. The molecule has 0 saturated heterocycles. The monoisotopic (exact) mass is 254 g/mol. The molecule has 0 radical (unpaired) electrons. The van der Waals surface area contributed by atoms with Crippen LogP contribution in [0.3, 0.4) is 0 Å². The fourth-order valence-electron chi connectivity index (χ4n) is 1.80. The van der Waals surface area contributed by atoms with Gasteiger partial charge in [0.15, 0.2) is 5.82 Å². The molecule has 0 unspecified atom stereocenters. The predicted octanol–water partition coefficient (Wildman–Crippen LogP) is -0.746. The number of H-pyrrole nitrogens is 1. The van der Waals surface area contributed by atoms with Crippen molar-refractivity contribution in [2.75, 3.05) is 6.54 Å². The highest BCUT2D eigenvalue weighted by molar-refractivity contribution is 5.78. The first-order chi connectivity index (χ1) is 8.62. The van der Waals surface area contributed by atoms with Crippen LogP contribution in [0, 0.1) is 5.41 Å². The number of rotatable bonds is 5. The van der Waals surface area contributed by atoms with Crippen LogP contribution in [0.25, 0.3) is 0 Å². The Balaban J connectivity index is 1.73. The Morgan fingerprint density at radius 2 is 2.17 bits per heavy atom. The Hall–Kier alpha value is -2.19. The van der Waals surface area contributed by atoms with Crippen molar-refractivity contribution >= 4 is 12.0 Å². The lowest BCUT2D eigenvalue weighted by atomic mass is 9.69. The topological polar surface area (TPSA) is 133 Å². The molecule has 9 heteroatoms. The van der Waals surface area contributed by atoms with Gasteiger partial charge in [-0.05, 0) is 12.8 Å². The zero-order valence-corrected chi connectivity index (χ0v) is 9.64. The van der Waals surface area contributed by atoms with Crippen molar-refractivity contribution in [3.8, 4) is 0 Å². The highest BCUT2D eigenvalue weighted by Gasteiger charge is 2.44. The first-order valence-corrected chi connectivity index (χ1v) is 5.60. The molecule has 1 fully saturated rings. The molecule has 0 aliphatic heterocycles. The summed E-state index contributed by atoms with van der Waals surface area (Å²) in [6.07, 6.45) is 2.10. The third-order valence-corrected chi connectivity index (χ3v) is 3.15. The summed E-state index contributed by atoms with van der Waals surface area (Å²) < 4.78 is 0. The summed E-state index contributed by atoms with van der Waals surface area (Å²) in [6.45, 7) is 0.281. The zero-order chi connectivity index (χ0) is 13.0. The lowest BCUT2D eigenvalue weighted by Gasteiger charge is -2.37. The molecule has 0 spiro atoms. The quantitative estimate of drug-likeness (QED) is 0.546. The SMILES string of the molecule is O=C(NCc1nn[nH]n1)NCC1(C(=O)O)CCC1. The molecule has 4 N–H and O–H groups in total. The van der Waals surface area contributed by atoms with E-state index < -0.39 is 17.4 Å². The van der Waals surface area contributed by atoms with Crippen molar-refractivity contribution in [1.29, 1.82) is 0 Å². The second kappa shape index (κ2) is 4.98. The maximum Gasteiger partial charge on any atom is 0.315 e. The van der Waals surface area contributed by atoms with Gasteiger partial charge in [0.05, 0.1) is 12.0 Å². The van der Waals surface area contributed by atoms with E-state index in [0.717, 1.165) is 6.42 Å². The second-order valence-corrected chi connectivity index (χ2v) is 4.30. The molecule has 1 aromatic heterocycles. The molecule has 1 aliphatic carbocycles. The fourth-order valence-corrected chi connectivity index (χ4v) is 1.80. The molecule has 2 rings (SSSR count). The van der Waals surface area contributed by atoms with Gasteiger partial charge in [-0.25, -0.2) is 4.79 Å². The van der Waals surface area contributed by atoms with Crippen LogP contribution in [0.5, 0.6) is 0 Å². The maximum atomic E-state index is 11.4. The molecule has 18 heavy (non-hydrogen) atoms. The fraction of sp³-hybridized carbons (Fsp3) is 0.667. The number of urea groups is 1. The van der Waals surface area contributed by atoms with Gasteiger partial charge in [0.25, 0.3) is 0 Å². The van der Waals surface area contributed by atoms with Crippen molar-refractivity contribution in [3.63, 3.8) is 0 Å². The summed E-state index contributed by atoms with van der Waals surface area (Å²) in [5.41, 5.74) is -0.788. The molecule has 1 aromatic rings. The number of aliphatic carboxylic acids is 1. The number of hydrogen-bond acceptors (Lipinski definition) is 5. The average Bonchev–Trinajstić information content (AvgIpc) is 2.77. The van der Waals surface area contributed by atoms with E-state index in [1.165, 1.54) is 0 Å². The molecule has 98 valence electrons. The van der Waals surface area contributed by atoms with Crippen LogP contribution in [-0.2, 0) is 11.3 Å². The summed E-state index contributed by atoms with van der Waals surface area (Å²) in [7, 11) is 0. The minimum atomic E-state index is -0.854. The Labute approximate surface area is 102 Å². The van der Waals surface area contributed by atoms with Crippen LogP contribution in [0.15, 0.2) is 0 Å². The number of carbonyl (C=O) groups excluding carboxylic acids is 1. The van der Waals surface area contributed by atoms with E-state index in [4.69, 9.17) is 5.11 Å². The van der Waals surface area contributed by atoms with Gasteiger partial charge in [-0.3, -0.25) is 4.79 Å². The van der Waals surface area contributed by atoms with E-state index in [-0.39, 0.29) is 13.1 Å². The minimum absolute atomic E-state index is 0.139. The summed E-state index contributed by atoms with van der Waals surface area (Å²) in [6, 6.07) is -0.438. The highest BCUT2D eigenvalue weighted by atomic mass is 16.4.